The monoisotopic (exact) mass is 367 g/mol. The number of nitrogens with one attached hydrogen (secondary N) is 1. The van der Waals surface area contributed by atoms with Gasteiger partial charge in [-0.25, -0.2) is 17.5 Å². The number of benzene rings is 2. The van der Waals surface area contributed by atoms with E-state index in [1.165, 1.54) is 48.5 Å². The highest BCUT2D eigenvalue weighted by molar-refractivity contribution is 7.90. The lowest BCUT2D eigenvalue weighted by molar-refractivity contribution is -0.128. The van der Waals surface area contributed by atoms with Crippen molar-refractivity contribution in [1.29, 1.82) is 0 Å². The first kappa shape index (κ1) is 16.9. The smallest absolute Gasteiger partial charge is 0.264 e. The number of amides is 1. The summed E-state index contributed by atoms with van der Waals surface area (Å²) < 4.78 is 40.0. The Morgan fingerprint density at radius 3 is 2.12 bits per heavy atom. The van der Waals surface area contributed by atoms with Crippen molar-refractivity contribution in [3.05, 3.63) is 64.9 Å². The largest absolute Gasteiger partial charge is 0.273 e. The summed E-state index contributed by atoms with van der Waals surface area (Å²) in [6, 6.07) is 11.2. The maximum Gasteiger partial charge on any atom is 0.264 e. The number of hydrogen-bond acceptors (Lipinski definition) is 3. The summed E-state index contributed by atoms with van der Waals surface area (Å²) in [5.41, 5.74) is -0.299. The molecule has 0 atom stereocenters. The van der Waals surface area contributed by atoms with E-state index in [1.807, 2.05) is 0 Å². The molecule has 2 aromatic rings. The van der Waals surface area contributed by atoms with Crippen LogP contribution in [0.1, 0.15) is 24.8 Å². The fourth-order valence-corrected chi connectivity index (χ4v) is 4.02. The van der Waals surface area contributed by atoms with Gasteiger partial charge in [0.15, 0.2) is 0 Å². The Balaban J connectivity index is 1.87. The number of rotatable bonds is 4. The van der Waals surface area contributed by atoms with Crippen molar-refractivity contribution < 1.29 is 17.6 Å². The maximum atomic E-state index is 13.1. The van der Waals surface area contributed by atoms with Crippen LogP contribution in [0.15, 0.2) is 53.4 Å². The molecule has 7 heteroatoms. The van der Waals surface area contributed by atoms with Gasteiger partial charge in [-0.1, -0.05) is 30.2 Å². The molecule has 0 bridgehead atoms. The van der Waals surface area contributed by atoms with Crippen molar-refractivity contribution in [3.8, 4) is 0 Å². The lowest BCUT2D eigenvalue weighted by Crippen LogP contribution is -2.50. The van der Waals surface area contributed by atoms with Crippen molar-refractivity contribution in [2.75, 3.05) is 0 Å². The first-order valence-corrected chi connectivity index (χ1v) is 9.28. The van der Waals surface area contributed by atoms with Gasteiger partial charge in [0.1, 0.15) is 5.82 Å². The van der Waals surface area contributed by atoms with Gasteiger partial charge in [0.05, 0.1) is 10.3 Å². The van der Waals surface area contributed by atoms with Crippen molar-refractivity contribution in [2.24, 2.45) is 0 Å². The Bertz CT molecular complexity index is 860. The minimum Gasteiger partial charge on any atom is -0.273 e. The van der Waals surface area contributed by atoms with Crippen LogP contribution in [-0.4, -0.2) is 14.3 Å². The standard InChI is InChI=1S/C17H15ClFNO3S/c18-13-4-8-15(9-5-13)24(22,23)20-16(21)17(10-1-11-17)12-2-6-14(19)7-3-12/h2-9H,1,10-11H2,(H,20,21). The molecule has 2 aromatic carbocycles. The molecule has 24 heavy (non-hydrogen) atoms. The molecule has 126 valence electrons. The Hall–Kier alpha value is -1.92. The summed E-state index contributed by atoms with van der Waals surface area (Å²) in [5, 5.41) is 0.405. The van der Waals surface area contributed by atoms with Crippen LogP contribution in [0.3, 0.4) is 0 Å². The van der Waals surface area contributed by atoms with E-state index < -0.39 is 27.2 Å². The third-order valence-electron chi connectivity index (χ3n) is 4.39. The Morgan fingerprint density at radius 1 is 1.04 bits per heavy atom. The van der Waals surface area contributed by atoms with Gasteiger partial charge < -0.3 is 0 Å². The molecule has 1 aliphatic carbocycles. The second-order valence-corrected chi connectivity index (χ2v) is 7.95. The Labute approximate surface area is 144 Å². The van der Waals surface area contributed by atoms with Crippen LogP contribution >= 0.6 is 11.6 Å². The van der Waals surface area contributed by atoms with Crippen molar-refractivity contribution in [2.45, 2.75) is 29.6 Å². The molecule has 1 fully saturated rings. The van der Waals surface area contributed by atoms with Crippen LogP contribution < -0.4 is 4.72 Å². The molecular formula is C17H15ClFNO3S. The van der Waals surface area contributed by atoms with Gasteiger partial charge in [-0.2, -0.15) is 0 Å². The highest BCUT2D eigenvalue weighted by Crippen LogP contribution is 2.44. The highest BCUT2D eigenvalue weighted by Gasteiger charge is 2.46. The summed E-state index contributed by atoms with van der Waals surface area (Å²) in [6.07, 6.45) is 1.87. The van der Waals surface area contributed by atoms with Crippen LogP contribution in [0, 0.1) is 5.82 Å². The number of carbonyl (C=O) groups excluding carboxylic acids is 1. The minimum absolute atomic E-state index is 0.0335. The molecule has 0 unspecified atom stereocenters. The van der Waals surface area contributed by atoms with Crippen molar-refractivity contribution >= 4 is 27.5 Å². The van der Waals surface area contributed by atoms with Crippen LogP contribution in [0.25, 0.3) is 0 Å². The van der Waals surface area contributed by atoms with Gasteiger partial charge in [-0.15, -0.1) is 0 Å². The summed E-state index contributed by atoms with van der Waals surface area (Å²) >= 11 is 5.75. The van der Waals surface area contributed by atoms with Crippen molar-refractivity contribution in [1.82, 2.24) is 4.72 Å². The molecule has 1 aliphatic rings. The number of halogens is 2. The average molecular weight is 368 g/mol. The summed E-state index contributed by atoms with van der Waals surface area (Å²) in [5.74, 6) is -0.988. The predicted octanol–water partition coefficient (Wildman–Crippen LogP) is 3.41. The summed E-state index contributed by atoms with van der Waals surface area (Å²) in [7, 11) is -3.98. The van der Waals surface area contributed by atoms with Gasteiger partial charge in [0.2, 0.25) is 5.91 Å². The first-order valence-electron chi connectivity index (χ1n) is 7.42. The lowest BCUT2D eigenvalue weighted by Gasteiger charge is -2.40. The predicted molar refractivity (Wildman–Crippen MR) is 88.7 cm³/mol. The van der Waals surface area contributed by atoms with E-state index in [0.29, 0.717) is 23.4 Å². The van der Waals surface area contributed by atoms with Gasteiger partial charge in [0, 0.05) is 5.02 Å². The molecule has 0 saturated heterocycles. The number of hydrogen-bond donors (Lipinski definition) is 1. The van der Waals surface area contributed by atoms with Crippen LogP contribution in [0.4, 0.5) is 4.39 Å². The molecule has 1 saturated carbocycles. The fourth-order valence-electron chi connectivity index (χ4n) is 2.84. The van der Waals surface area contributed by atoms with Gasteiger partial charge >= 0.3 is 0 Å². The molecule has 4 nitrogen and oxygen atoms in total. The Kier molecular flexibility index (Phi) is 4.36. The summed E-state index contributed by atoms with van der Waals surface area (Å²) in [6.45, 7) is 0. The van der Waals surface area contributed by atoms with E-state index in [1.54, 1.807) is 0 Å². The van der Waals surface area contributed by atoms with Crippen LogP contribution in [-0.2, 0) is 20.2 Å². The van der Waals surface area contributed by atoms with E-state index in [-0.39, 0.29) is 4.90 Å². The molecule has 1 N–H and O–H groups in total. The van der Waals surface area contributed by atoms with E-state index in [4.69, 9.17) is 11.6 Å². The molecule has 0 heterocycles. The minimum atomic E-state index is -3.98. The zero-order chi connectivity index (χ0) is 17.4. The number of sulfonamides is 1. The average Bonchev–Trinajstić information content (AvgIpc) is 2.48. The maximum absolute atomic E-state index is 13.1. The quantitative estimate of drug-likeness (QED) is 0.900. The molecule has 0 aliphatic heterocycles. The fraction of sp³-hybridized carbons (Fsp3) is 0.235. The van der Waals surface area contributed by atoms with E-state index >= 15 is 0 Å². The van der Waals surface area contributed by atoms with E-state index in [2.05, 4.69) is 4.72 Å². The van der Waals surface area contributed by atoms with Crippen molar-refractivity contribution in [3.63, 3.8) is 0 Å². The summed E-state index contributed by atoms with van der Waals surface area (Å²) in [4.78, 5) is 12.6. The second kappa shape index (κ2) is 6.18. The first-order chi connectivity index (χ1) is 11.3. The van der Waals surface area contributed by atoms with Crippen LogP contribution in [0.5, 0.6) is 0 Å². The second-order valence-electron chi connectivity index (χ2n) is 5.83. The molecule has 0 spiro atoms. The van der Waals surface area contributed by atoms with E-state index in [0.717, 1.165) is 6.42 Å². The van der Waals surface area contributed by atoms with Gasteiger partial charge in [-0.05, 0) is 54.8 Å². The van der Waals surface area contributed by atoms with E-state index in [9.17, 15) is 17.6 Å². The molecule has 0 aromatic heterocycles. The third kappa shape index (κ3) is 3.03. The number of carbonyl (C=O) groups is 1. The van der Waals surface area contributed by atoms with Gasteiger partial charge in [0.25, 0.3) is 10.0 Å². The molecular weight excluding hydrogens is 353 g/mol. The molecule has 1 amide bonds. The molecule has 0 radical (unpaired) electrons. The Morgan fingerprint density at radius 2 is 1.62 bits per heavy atom. The SMILES string of the molecule is O=C(NS(=O)(=O)c1ccc(Cl)cc1)C1(c2ccc(F)cc2)CCC1. The van der Waals surface area contributed by atoms with Gasteiger partial charge in [-0.3, -0.25) is 4.79 Å². The topological polar surface area (TPSA) is 63.2 Å². The zero-order valence-corrected chi connectivity index (χ0v) is 14.2. The molecule has 3 rings (SSSR count). The highest BCUT2D eigenvalue weighted by atomic mass is 35.5. The zero-order valence-electron chi connectivity index (χ0n) is 12.6. The van der Waals surface area contributed by atoms with Crippen LogP contribution in [0.2, 0.25) is 5.02 Å². The normalized spacial score (nSPS) is 16.2. The third-order valence-corrected chi connectivity index (χ3v) is 5.99. The lowest BCUT2D eigenvalue weighted by atomic mass is 9.64.